The molecule has 0 aromatic heterocycles. The van der Waals surface area contributed by atoms with Crippen molar-refractivity contribution < 1.29 is 98.1 Å². The molecule has 4 aromatic rings. The number of hydrogen-bond donors (Lipinski definition) is 0. The average Bonchev–Trinajstić information content (AvgIpc) is 2.69. The van der Waals surface area contributed by atoms with Gasteiger partial charge < -0.3 is 34.9 Å². The molecule has 0 N–H and O–H groups in total. The van der Waals surface area contributed by atoms with Gasteiger partial charge in [0.1, 0.15) is 0 Å². The van der Waals surface area contributed by atoms with Gasteiger partial charge in [0.25, 0.3) is 0 Å². The van der Waals surface area contributed by atoms with Crippen molar-refractivity contribution in [2.45, 2.75) is 0 Å². The summed E-state index contributed by atoms with van der Waals surface area (Å²) < 4.78 is 0. The van der Waals surface area contributed by atoms with E-state index in [1.165, 1.54) is 0 Å². The summed E-state index contributed by atoms with van der Waals surface area (Å²) in [5, 5.41) is 0. The molecule has 0 saturated carbocycles. The van der Waals surface area contributed by atoms with Crippen LogP contribution in [0.3, 0.4) is 0 Å². The van der Waals surface area contributed by atoms with E-state index in [0.29, 0.717) is 0 Å². The van der Waals surface area contributed by atoms with E-state index < -0.39 is 0 Å². The van der Waals surface area contributed by atoms with Crippen molar-refractivity contribution in [3.8, 4) is 33.4 Å². The van der Waals surface area contributed by atoms with Gasteiger partial charge in [-0.25, -0.2) is 47.5 Å². The predicted molar refractivity (Wildman–Crippen MR) is 95.8 cm³/mol. The maximum absolute atomic E-state index is 3.32. The molecule has 0 heterocycles. The summed E-state index contributed by atoms with van der Waals surface area (Å²) in [6.07, 6.45) is 0. The molecular weight excluding hydrogens is 555 g/mol. The van der Waals surface area contributed by atoms with Crippen LogP contribution in [-0.4, -0.2) is 0 Å². The first-order chi connectivity index (χ1) is 11.9. The third-order valence-corrected chi connectivity index (χ3v) is 3.78. The van der Waals surface area contributed by atoms with Gasteiger partial charge in [0.15, 0.2) is 0 Å². The van der Waals surface area contributed by atoms with Crippen molar-refractivity contribution in [1.29, 1.82) is 0 Å². The second kappa shape index (κ2) is 12.7. The van der Waals surface area contributed by atoms with E-state index >= 15 is 0 Å². The molecule has 27 heavy (non-hydrogen) atoms. The Morgan fingerprint density at radius 3 is 1.59 bits per heavy atom. The molecule has 0 fully saturated rings. The van der Waals surface area contributed by atoms with Crippen molar-refractivity contribution in [2.24, 2.45) is 0 Å². The molecule has 0 unspecified atom stereocenters. The van der Waals surface area contributed by atoms with E-state index in [9.17, 15) is 0 Å². The molecule has 0 spiro atoms. The molecule has 0 aliphatic rings. The molecule has 3 heteroatoms. The van der Waals surface area contributed by atoms with Crippen LogP contribution in [0.1, 0.15) is 0 Å². The fourth-order valence-corrected chi connectivity index (χ4v) is 2.65. The molecule has 0 bridgehead atoms. The topological polar surface area (TPSA) is 0 Å². The summed E-state index contributed by atoms with van der Waals surface area (Å²) >= 11 is 0. The molecule has 0 saturated heterocycles. The van der Waals surface area contributed by atoms with Crippen molar-refractivity contribution in [3.05, 3.63) is 109 Å². The van der Waals surface area contributed by atoms with Crippen LogP contribution < -0.4 is 0 Å². The zero-order valence-corrected chi connectivity index (χ0v) is 23.2. The first-order valence-corrected chi connectivity index (χ1v) is 7.72. The zero-order valence-electron chi connectivity index (χ0n) is 14.7. The minimum absolute atomic E-state index is 0. The molecular formula is C24H12Y3-6. The van der Waals surface area contributed by atoms with Gasteiger partial charge >= 0.3 is 0 Å². The Kier molecular flexibility index (Phi) is 11.9. The van der Waals surface area contributed by atoms with Crippen molar-refractivity contribution in [3.63, 3.8) is 0 Å². The van der Waals surface area contributed by atoms with Crippen LogP contribution in [-0.2, 0) is 98.1 Å². The Bertz CT molecular complexity index is 951. The van der Waals surface area contributed by atoms with Crippen LogP contribution in [0.25, 0.3) is 33.4 Å². The maximum Gasteiger partial charge on any atom is 0 e. The van der Waals surface area contributed by atoms with Gasteiger partial charge in [0, 0.05) is 98.1 Å². The van der Waals surface area contributed by atoms with Crippen molar-refractivity contribution >= 4 is 0 Å². The van der Waals surface area contributed by atoms with Gasteiger partial charge in [-0.2, -0.15) is 36.4 Å². The number of rotatable bonds is 3. The summed E-state index contributed by atoms with van der Waals surface area (Å²) in [7, 11) is 0. The smallest absolute Gasteiger partial charge is 0 e. The monoisotopic (exact) mass is 567 g/mol. The zero-order chi connectivity index (χ0) is 16.2. The van der Waals surface area contributed by atoms with Gasteiger partial charge in [-0.1, -0.05) is 0 Å². The largest absolute Gasteiger partial charge is 0.369 e. The van der Waals surface area contributed by atoms with E-state index in [1.807, 2.05) is 66.7 Å². The summed E-state index contributed by atoms with van der Waals surface area (Å²) in [6.45, 7) is 0. The summed E-state index contributed by atoms with van der Waals surface area (Å²) in [6, 6.07) is 43.1. The summed E-state index contributed by atoms with van der Waals surface area (Å²) in [5.41, 5.74) is 5.91. The van der Waals surface area contributed by atoms with E-state index in [0.717, 1.165) is 33.4 Å². The van der Waals surface area contributed by atoms with Gasteiger partial charge in [0.2, 0.25) is 0 Å². The average molecular weight is 567 g/mol. The summed E-state index contributed by atoms with van der Waals surface area (Å²) in [4.78, 5) is 0. The molecule has 0 nitrogen and oxygen atoms in total. The fraction of sp³-hybridized carbons (Fsp3) is 0. The second-order valence-corrected chi connectivity index (χ2v) is 5.33. The van der Waals surface area contributed by atoms with Crippen molar-refractivity contribution in [1.82, 2.24) is 0 Å². The van der Waals surface area contributed by atoms with Crippen LogP contribution in [0.15, 0.2) is 72.8 Å². The molecule has 3 radical (unpaired) electrons. The van der Waals surface area contributed by atoms with E-state index in [4.69, 9.17) is 0 Å². The molecule has 4 rings (SSSR count). The molecule has 0 atom stereocenters. The number of hydrogen-bond acceptors (Lipinski definition) is 0. The van der Waals surface area contributed by atoms with Gasteiger partial charge in [-0.05, 0) is 0 Å². The fourth-order valence-electron chi connectivity index (χ4n) is 2.65. The van der Waals surface area contributed by atoms with E-state index in [-0.39, 0.29) is 98.1 Å². The molecule has 0 aliphatic heterocycles. The third kappa shape index (κ3) is 6.33. The minimum Gasteiger partial charge on any atom is -0.369 e. The Morgan fingerprint density at radius 1 is 0.444 bits per heavy atom. The van der Waals surface area contributed by atoms with Crippen LogP contribution in [0, 0.1) is 36.4 Å². The normalized spacial score (nSPS) is 9.33. The first-order valence-electron chi connectivity index (χ1n) is 7.72. The Balaban J connectivity index is 0.00000121. The van der Waals surface area contributed by atoms with Crippen molar-refractivity contribution in [2.75, 3.05) is 0 Å². The standard InChI is InChI=1S/C24H12.3Y/c1-3-10-19(11-4-1)21-14-9-15-22(18-21)24-17-8-7-16-23(24)20-12-5-2-6-13-20;;;/h1-10,12,18H;;;/q-6;;;. The van der Waals surface area contributed by atoms with Crippen LogP contribution in [0.2, 0.25) is 0 Å². The number of benzene rings is 4. The van der Waals surface area contributed by atoms with Gasteiger partial charge in [0.05, 0.1) is 0 Å². The molecule has 4 aromatic carbocycles. The summed E-state index contributed by atoms with van der Waals surface area (Å²) in [5.74, 6) is 0. The van der Waals surface area contributed by atoms with Crippen LogP contribution in [0.5, 0.6) is 0 Å². The van der Waals surface area contributed by atoms with E-state index in [1.54, 1.807) is 0 Å². The van der Waals surface area contributed by atoms with E-state index in [2.05, 4.69) is 42.5 Å². The SMILES string of the molecule is [Y].[Y].[Y].[c-]1ccccc1-c1[c-]c[c-]c(-c2[c-]cc[c-]c2-c2[c-]cccc2)c1. The maximum atomic E-state index is 3.32. The second-order valence-electron chi connectivity index (χ2n) is 5.33. The van der Waals surface area contributed by atoms with Gasteiger partial charge in [-0.3, -0.25) is 11.6 Å². The Morgan fingerprint density at radius 2 is 1.00 bits per heavy atom. The third-order valence-electron chi connectivity index (χ3n) is 3.78. The minimum atomic E-state index is 0. The predicted octanol–water partition coefficient (Wildman–Crippen LogP) is 5.48. The Hall–Kier alpha value is 0.192. The quantitative estimate of drug-likeness (QED) is 0.288. The molecule has 123 valence electrons. The van der Waals surface area contributed by atoms with Crippen LogP contribution >= 0.6 is 0 Å². The van der Waals surface area contributed by atoms with Gasteiger partial charge in [-0.15, -0.1) is 12.1 Å². The first kappa shape index (κ1) is 25.2. The molecule has 0 aliphatic carbocycles. The Labute approximate surface area is 237 Å². The molecule has 0 amide bonds. The van der Waals surface area contributed by atoms with Crippen LogP contribution in [0.4, 0.5) is 0 Å².